The molecule has 2 aromatic rings. The first-order valence-electron chi connectivity index (χ1n) is 8.66. The number of rotatable bonds is 4. The first-order valence-corrected chi connectivity index (χ1v) is 8.66. The standard InChI is InChI=1S/C18H21N5O/c19-9-14-7-12-10-21-17(22-13-3-2-6-20-11-13)8-16(12)18(23-14)24-15-4-1-5-15/h7-8,10,13,15,20H,1-6,11H2,(H,21,22)/t13-/m0/s1. The van der Waals surface area contributed by atoms with E-state index in [2.05, 4.69) is 26.7 Å². The molecule has 2 N–H and O–H groups in total. The van der Waals surface area contributed by atoms with Crippen LogP contribution in [0.5, 0.6) is 5.88 Å². The summed E-state index contributed by atoms with van der Waals surface area (Å²) in [6, 6.07) is 6.26. The summed E-state index contributed by atoms with van der Waals surface area (Å²) >= 11 is 0. The molecule has 2 aromatic heterocycles. The molecule has 124 valence electrons. The van der Waals surface area contributed by atoms with Crippen molar-refractivity contribution in [1.29, 1.82) is 5.26 Å². The van der Waals surface area contributed by atoms with Gasteiger partial charge in [-0.25, -0.2) is 9.97 Å². The van der Waals surface area contributed by atoms with Gasteiger partial charge in [0.2, 0.25) is 5.88 Å². The fourth-order valence-electron chi connectivity index (χ4n) is 3.17. The molecular weight excluding hydrogens is 302 g/mol. The predicted molar refractivity (Wildman–Crippen MR) is 92.0 cm³/mol. The zero-order chi connectivity index (χ0) is 16.4. The number of piperidine rings is 1. The van der Waals surface area contributed by atoms with Gasteiger partial charge in [0.15, 0.2) is 0 Å². The second-order valence-corrected chi connectivity index (χ2v) is 6.57. The average Bonchev–Trinajstić information content (AvgIpc) is 2.59. The van der Waals surface area contributed by atoms with E-state index in [1.807, 2.05) is 6.07 Å². The van der Waals surface area contributed by atoms with E-state index in [-0.39, 0.29) is 6.10 Å². The third-order valence-corrected chi connectivity index (χ3v) is 4.77. The molecular formula is C18H21N5O. The highest BCUT2D eigenvalue weighted by Crippen LogP contribution is 2.31. The molecule has 6 nitrogen and oxygen atoms in total. The molecule has 0 bridgehead atoms. The molecule has 4 rings (SSSR count). The molecule has 1 aliphatic carbocycles. The number of nitriles is 1. The molecule has 2 aliphatic rings. The van der Waals surface area contributed by atoms with E-state index in [0.29, 0.717) is 17.6 Å². The molecule has 24 heavy (non-hydrogen) atoms. The summed E-state index contributed by atoms with van der Waals surface area (Å²) in [7, 11) is 0. The van der Waals surface area contributed by atoms with Gasteiger partial charge in [0.25, 0.3) is 0 Å². The van der Waals surface area contributed by atoms with Crippen LogP contribution in [-0.2, 0) is 0 Å². The molecule has 0 aromatic carbocycles. The van der Waals surface area contributed by atoms with Gasteiger partial charge in [0.05, 0.1) is 0 Å². The van der Waals surface area contributed by atoms with Gasteiger partial charge in [0.1, 0.15) is 23.7 Å². The van der Waals surface area contributed by atoms with E-state index in [1.165, 1.54) is 12.8 Å². The van der Waals surface area contributed by atoms with Crippen molar-refractivity contribution in [3.8, 4) is 11.9 Å². The van der Waals surface area contributed by atoms with Crippen molar-refractivity contribution in [2.24, 2.45) is 0 Å². The van der Waals surface area contributed by atoms with Crippen LogP contribution in [0, 0.1) is 11.3 Å². The second-order valence-electron chi connectivity index (χ2n) is 6.57. The Balaban J connectivity index is 1.65. The Morgan fingerprint density at radius 2 is 2.17 bits per heavy atom. The number of aromatic nitrogens is 2. The number of anilines is 1. The highest BCUT2D eigenvalue weighted by Gasteiger charge is 2.22. The summed E-state index contributed by atoms with van der Waals surface area (Å²) in [4.78, 5) is 8.88. The van der Waals surface area contributed by atoms with Crippen molar-refractivity contribution in [2.75, 3.05) is 18.4 Å². The molecule has 6 heteroatoms. The van der Waals surface area contributed by atoms with Gasteiger partial charge in [-0.3, -0.25) is 0 Å². The van der Waals surface area contributed by atoms with Crippen molar-refractivity contribution in [3.63, 3.8) is 0 Å². The van der Waals surface area contributed by atoms with E-state index in [1.54, 1.807) is 12.3 Å². The zero-order valence-corrected chi connectivity index (χ0v) is 13.6. The Morgan fingerprint density at radius 3 is 2.88 bits per heavy atom. The lowest BCUT2D eigenvalue weighted by molar-refractivity contribution is 0.116. The largest absolute Gasteiger partial charge is 0.474 e. The maximum atomic E-state index is 9.19. The number of fused-ring (bicyclic) bond motifs is 1. The summed E-state index contributed by atoms with van der Waals surface area (Å²) in [6.45, 7) is 2.04. The lowest BCUT2D eigenvalue weighted by Gasteiger charge is -2.26. The van der Waals surface area contributed by atoms with Crippen molar-refractivity contribution in [1.82, 2.24) is 15.3 Å². The van der Waals surface area contributed by atoms with Crippen LogP contribution in [0.1, 0.15) is 37.8 Å². The van der Waals surface area contributed by atoms with Crippen LogP contribution in [0.25, 0.3) is 10.8 Å². The number of hydrogen-bond acceptors (Lipinski definition) is 6. The van der Waals surface area contributed by atoms with Gasteiger partial charge in [-0.05, 0) is 50.8 Å². The van der Waals surface area contributed by atoms with Crippen molar-refractivity contribution < 1.29 is 4.74 Å². The minimum Gasteiger partial charge on any atom is -0.474 e. The highest BCUT2D eigenvalue weighted by atomic mass is 16.5. The van der Waals surface area contributed by atoms with Crippen LogP contribution in [0.15, 0.2) is 18.3 Å². The molecule has 3 heterocycles. The second kappa shape index (κ2) is 6.62. The van der Waals surface area contributed by atoms with Gasteiger partial charge in [0, 0.05) is 29.6 Å². The number of ether oxygens (including phenoxy) is 1. The normalized spacial score (nSPS) is 21.0. The molecule has 2 fully saturated rings. The quantitative estimate of drug-likeness (QED) is 0.900. The van der Waals surface area contributed by atoms with Crippen LogP contribution >= 0.6 is 0 Å². The third kappa shape index (κ3) is 3.13. The number of hydrogen-bond donors (Lipinski definition) is 2. The van der Waals surface area contributed by atoms with Crippen LogP contribution in [-0.4, -0.2) is 35.2 Å². The smallest absolute Gasteiger partial charge is 0.223 e. The van der Waals surface area contributed by atoms with E-state index < -0.39 is 0 Å². The molecule has 0 spiro atoms. The molecule has 0 amide bonds. The van der Waals surface area contributed by atoms with Crippen LogP contribution < -0.4 is 15.4 Å². The van der Waals surface area contributed by atoms with Crippen molar-refractivity contribution >= 4 is 16.6 Å². The number of nitrogens with one attached hydrogen (secondary N) is 2. The molecule has 1 saturated heterocycles. The van der Waals surface area contributed by atoms with Crippen LogP contribution in [0.4, 0.5) is 5.82 Å². The molecule has 1 aliphatic heterocycles. The van der Waals surface area contributed by atoms with E-state index in [4.69, 9.17) is 4.74 Å². The van der Waals surface area contributed by atoms with Crippen molar-refractivity contribution in [2.45, 2.75) is 44.2 Å². The fraction of sp³-hybridized carbons (Fsp3) is 0.500. The van der Waals surface area contributed by atoms with Gasteiger partial charge < -0.3 is 15.4 Å². The summed E-state index contributed by atoms with van der Waals surface area (Å²) in [6.07, 6.45) is 7.65. The minimum absolute atomic E-state index is 0.224. The Hall–Kier alpha value is -2.39. The van der Waals surface area contributed by atoms with E-state index in [0.717, 1.165) is 48.9 Å². The Kier molecular flexibility index (Phi) is 4.18. The van der Waals surface area contributed by atoms with Gasteiger partial charge >= 0.3 is 0 Å². The fourth-order valence-corrected chi connectivity index (χ4v) is 3.17. The van der Waals surface area contributed by atoms with Gasteiger partial charge in [-0.1, -0.05) is 0 Å². The SMILES string of the molecule is N#Cc1cc2cnc(N[C@H]3CCCNC3)cc2c(OC2CCC2)n1. The van der Waals surface area contributed by atoms with Gasteiger partial charge in [-0.15, -0.1) is 0 Å². The third-order valence-electron chi connectivity index (χ3n) is 4.77. The molecule has 1 saturated carbocycles. The molecule has 0 unspecified atom stereocenters. The summed E-state index contributed by atoms with van der Waals surface area (Å²) in [5.74, 6) is 1.39. The highest BCUT2D eigenvalue weighted by molar-refractivity contribution is 5.89. The van der Waals surface area contributed by atoms with Gasteiger partial charge in [-0.2, -0.15) is 5.26 Å². The lowest BCUT2D eigenvalue weighted by atomic mass is 9.96. The number of pyridine rings is 2. The summed E-state index contributed by atoms with van der Waals surface area (Å²) < 4.78 is 6.02. The Morgan fingerprint density at radius 1 is 1.25 bits per heavy atom. The first-order chi connectivity index (χ1) is 11.8. The zero-order valence-electron chi connectivity index (χ0n) is 13.6. The summed E-state index contributed by atoms with van der Waals surface area (Å²) in [5, 5.41) is 17.9. The maximum Gasteiger partial charge on any atom is 0.223 e. The first kappa shape index (κ1) is 15.2. The average molecular weight is 323 g/mol. The lowest BCUT2D eigenvalue weighted by Crippen LogP contribution is -2.38. The van der Waals surface area contributed by atoms with Crippen LogP contribution in [0.3, 0.4) is 0 Å². The van der Waals surface area contributed by atoms with E-state index in [9.17, 15) is 5.26 Å². The molecule has 1 atom stereocenters. The van der Waals surface area contributed by atoms with Crippen LogP contribution in [0.2, 0.25) is 0 Å². The van der Waals surface area contributed by atoms with E-state index >= 15 is 0 Å². The predicted octanol–water partition coefficient (Wildman–Crippen LogP) is 2.60. The Bertz CT molecular complexity index is 775. The minimum atomic E-state index is 0.224. The maximum absolute atomic E-state index is 9.19. The summed E-state index contributed by atoms with van der Waals surface area (Å²) in [5.41, 5.74) is 0.371. The molecule has 0 radical (unpaired) electrons. The number of nitrogens with zero attached hydrogens (tertiary/aromatic N) is 3. The Labute approximate surface area is 141 Å². The van der Waals surface area contributed by atoms with Crippen molar-refractivity contribution in [3.05, 3.63) is 24.0 Å². The topological polar surface area (TPSA) is 82.9 Å². The monoisotopic (exact) mass is 323 g/mol.